The number of hydrogen-bond acceptors (Lipinski definition) is 2. The number of nitrogens with two attached hydrogens (primary N) is 1. The molecule has 3 nitrogen and oxygen atoms in total. The molecule has 0 saturated heterocycles. The van der Waals surface area contributed by atoms with Gasteiger partial charge in [0.15, 0.2) is 0 Å². The van der Waals surface area contributed by atoms with Gasteiger partial charge in [0.1, 0.15) is 5.82 Å². The molecule has 0 aliphatic heterocycles. The molecule has 2 N–H and O–H groups in total. The van der Waals surface area contributed by atoms with Crippen LogP contribution in [-0.2, 0) is 0 Å². The van der Waals surface area contributed by atoms with Crippen molar-refractivity contribution in [2.24, 2.45) is 0 Å². The lowest BCUT2D eigenvalue weighted by atomic mass is 10.3. The van der Waals surface area contributed by atoms with Crippen molar-refractivity contribution in [1.82, 2.24) is 9.78 Å². The van der Waals surface area contributed by atoms with E-state index < -0.39 is 0 Å². The van der Waals surface area contributed by atoms with Gasteiger partial charge in [0.2, 0.25) is 0 Å². The number of aromatic nitrogens is 2. The molecule has 3 heteroatoms. The first kappa shape index (κ1) is 6.86. The van der Waals surface area contributed by atoms with Crippen molar-refractivity contribution >= 4 is 12.0 Å². The molecule has 0 radical (unpaired) electrons. The fourth-order valence-electron chi connectivity index (χ4n) is 0.787. The molecule has 0 aromatic carbocycles. The van der Waals surface area contributed by atoms with Crippen molar-refractivity contribution in [3.05, 3.63) is 17.8 Å². The normalized spacial score (nSPS) is 9.80. The first-order chi connectivity index (χ1) is 4.66. The molecule has 0 saturated carbocycles. The van der Waals surface area contributed by atoms with Gasteiger partial charge in [-0.25, -0.2) is 4.68 Å². The molecule has 0 bridgehead atoms. The zero-order valence-corrected chi connectivity index (χ0v) is 6.26. The number of nitrogen functional groups attached to an aromatic ring is 1. The number of hydrogen-bond donors (Lipinski definition) is 1. The largest absolute Gasteiger partial charge is 0.383 e. The summed E-state index contributed by atoms with van der Waals surface area (Å²) in [4.78, 5) is 0. The highest BCUT2D eigenvalue weighted by molar-refractivity contribution is 5.46. The first-order valence-corrected chi connectivity index (χ1v) is 3.10. The predicted octanol–water partition coefficient (Wildman–Crippen LogP) is 1.18. The monoisotopic (exact) mass is 137 g/mol. The van der Waals surface area contributed by atoms with Crippen LogP contribution >= 0.6 is 0 Å². The van der Waals surface area contributed by atoms with Gasteiger partial charge < -0.3 is 5.73 Å². The lowest BCUT2D eigenvalue weighted by Gasteiger charge is -1.92. The number of anilines is 1. The van der Waals surface area contributed by atoms with Crippen LogP contribution in [0, 0.1) is 13.8 Å². The predicted molar refractivity (Wildman–Crippen MR) is 42.5 cm³/mol. The van der Waals surface area contributed by atoms with Crippen LogP contribution in [0.1, 0.15) is 11.3 Å². The maximum absolute atomic E-state index is 5.64. The Morgan fingerprint density at radius 3 is 2.40 bits per heavy atom. The van der Waals surface area contributed by atoms with Gasteiger partial charge in [-0.15, -0.1) is 0 Å². The summed E-state index contributed by atoms with van der Waals surface area (Å²) < 4.78 is 1.57. The Labute approximate surface area is 60.1 Å². The molecule has 0 spiro atoms. The molecule has 0 atom stereocenters. The standard InChI is InChI=1S/C7H11N3/c1-4-10-7(8)5(2)6(3)9-10/h4H,1,8H2,2-3H3. The Bertz CT molecular complexity index is 260. The molecule has 1 heterocycles. The van der Waals surface area contributed by atoms with Gasteiger partial charge >= 0.3 is 0 Å². The minimum absolute atomic E-state index is 0.674. The van der Waals surface area contributed by atoms with Gasteiger partial charge in [0, 0.05) is 11.8 Å². The van der Waals surface area contributed by atoms with Crippen LogP contribution in [0.25, 0.3) is 6.20 Å². The zero-order valence-electron chi connectivity index (χ0n) is 6.26. The van der Waals surface area contributed by atoms with Gasteiger partial charge in [-0.3, -0.25) is 0 Å². The van der Waals surface area contributed by atoms with E-state index in [1.54, 1.807) is 10.9 Å². The second kappa shape index (κ2) is 2.17. The quantitative estimate of drug-likeness (QED) is 0.631. The summed E-state index contributed by atoms with van der Waals surface area (Å²) in [5.41, 5.74) is 7.63. The van der Waals surface area contributed by atoms with E-state index >= 15 is 0 Å². The van der Waals surface area contributed by atoms with Gasteiger partial charge in [-0.05, 0) is 13.8 Å². The van der Waals surface area contributed by atoms with Gasteiger partial charge in [-0.2, -0.15) is 5.10 Å². The van der Waals surface area contributed by atoms with E-state index in [4.69, 9.17) is 5.73 Å². The maximum atomic E-state index is 5.64. The highest BCUT2D eigenvalue weighted by atomic mass is 15.3. The lowest BCUT2D eigenvalue weighted by Crippen LogP contribution is -1.96. The third kappa shape index (κ3) is 0.795. The molecule has 54 valence electrons. The van der Waals surface area contributed by atoms with Crippen LogP contribution in [0.5, 0.6) is 0 Å². The topological polar surface area (TPSA) is 43.8 Å². The fraction of sp³-hybridized carbons (Fsp3) is 0.286. The van der Waals surface area contributed by atoms with Crippen molar-refractivity contribution in [2.75, 3.05) is 5.73 Å². The van der Waals surface area contributed by atoms with Crippen LogP contribution in [0.2, 0.25) is 0 Å². The Hall–Kier alpha value is -1.25. The maximum Gasteiger partial charge on any atom is 0.129 e. The van der Waals surface area contributed by atoms with Crippen LogP contribution < -0.4 is 5.73 Å². The third-order valence-electron chi connectivity index (χ3n) is 1.60. The van der Waals surface area contributed by atoms with Crippen molar-refractivity contribution in [3.63, 3.8) is 0 Å². The number of nitrogens with zero attached hydrogens (tertiary/aromatic N) is 2. The van der Waals surface area contributed by atoms with Crippen molar-refractivity contribution in [2.45, 2.75) is 13.8 Å². The Kier molecular flexibility index (Phi) is 1.49. The van der Waals surface area contributed by atoms with Crippen LogP contribution in [0.15, 0.2) is 6.58 Å². The van der Waals surface area contributed by atoms with Crippen LogP contribution in [0.4, 0.5) is 5.82 Å². The van der Waals surface area contributed by atoms with E-state index in [9.17, 15) is 0 Å². The smallest absolute Gasteiger partial charge is 0.129 e. The van der Waals surface area contributed by atoms with Crippen molar-refractivity contribution in [3.8, 4) is 0 Å². The molecule has 0 amide bonds. The summed E-state index contributed by atoms with van der Waals surface area (Å²) in [5.74, 6) is 0.674. The molecule has 0 unspecified atom stereocenters. The minimum atomic E-state index is 0.674. The Balaban J connectivity index is 3.30. The second-order valence-electron chi connectivity index (χ2n) is 2.22. The van der Waals surface area contributed by atoms with E-state index in [1.807, 2.05) is 13.8 Å². The molecule has 0 aliphatic carbocycles. The second-order valence-corrected chi connectivity index (χ2v) is 2.22. The van der Waals surface area contributed by atoms with Crippen LogP contribution in [-0.4, -0.2) is 9.78 Å². The summed E-state index contributed by atoms with van der Waals surface area (Å²) in [6, 6.07) is 0. The zero-order chi connectivity index (χ0) is 7.72. The lowest BCUT2D eigenvalue weighted by molar-refractivity contribution is 0.922. The van der Waals surface area contributed by atoms with Gasteiger partial charge in [-0.1, -0.05) is 6.58 Å². The van der Waals surface area contributed by atoms with Crippen LogP contribution in [0.3, 0.4) is 0 Å². The molecular formula is C7H11N3. The average molecular weight is 137 g/mol. The molecule has 1 rings (SSSR count). The summed E-state index contributed by atoms with van der Waals surface area (Å²) in [7, 11) is 0. The summed E-state index contributed by atoms with van der Waals surface area (Å²) in [6.45, 7) is 7.43. The van der Waals surface area contributed by atoms with E-state index in [-0.39, 0.29) is 0 Å². The highest BCUT2D eigenvalue weighted by Crippen LogP contribution is 2.13. The molecular weight excluding hydrogens is 126 g/mol. The Morgan fingerprint density at radius 2 is 2.20 bits per heavy atom. The highest BCUT2D eigenvalue weighted by Gasteiger charge is 2.03. The number of aryl methyl sites for hydroxylation is 1. The SMILES string of the molecule is C=Cn1nc(C)c(C)c1N. The van der Waals surface area contributed by atoms with E-state index in [0.29, 0.717) is 5.82 Å². The first-order valence-electron chi connectivity index (χ1n) is 3.10. The van der Waals surface area contributed by atoms with E-state index in [2.05, 4.69) is 11.7 Å². The third-order valence-corrected chi connectivity index (χ3v) is 1.60. The summed E-state index contributed by atoms with van der Waals surface area (Å²) in [6.07, 6.45) is 1.59. The summed E-state index contributed by atoms with van der Waals surface area (Å²) in [5, 5.41) is 4.10. The summed E-state index contributed by atoms with van der Waals surface area (Å²) >= 11 is 0. The average Bonchev–Trinajstić information content (AvgIpc) is 2.17. The minimum Gasteiger partial charge on any atom is -0.383 e. The molecule has 10 heavy (non-hydrogen) atoms. The van der Waals surface area contributed by atoms with Gasteiger partial charge in [0.25, 0.3) is 0 Å². The van der Waals surface area contributed by atoms with Gasteiger partial charge in [0.05, 0.1) is 5.69 Å². The fourth-order valence-corrected chi connectivity index (χ4v) is 0.787. The molecule has 1 aromatic heterocycles. The molecule has 0 fully saturated rings. The van der Waals surface area contributed by atoms with Crippen molar-refractivity contribution < 1.29 is 0 Å². The molecule has 0 aliphatic rings. The van der Waals surface area contributed by atoms with E-state index in [1.165, 1.54) is 0 Å². The number of rotatable bonds is 1. The van der Waals surface area contributed by atoms with E-state index in [0.717, 1.165) is 11.3 Å². The Morgan fingerprint density at radius 1 is 1.60 bits per heavy atom. The van der Waals surface area contributed by atoms with Crippen molar-refractivity contribution in [1.29, 1.82) is 0 Å². The molecule has 1 aromatic rings.